The Hall–Kier alpha value is -0.830. The summed E-state index contributed by atoms with van der Waals surface area (Å²) in [6, 6.07) is 2.70. The van der Waals surface area contributed by atoms with Crippen LogP contribution in [0.4, 0.5) is 0 Å². The van der Waals surface area contributed by atoms with E-state index in [1.807, 2.05) is 7.05 Å². The number of guanidine groups is 1. The van der Waals surface area contributed by atoms with Gasteiger partial charge < -0.3 is 14.7 Å². The van der Waals surface area contributed by atoms with Gasteiger partial charge in [0, 0.05) is 38.7 Å². The zero-order valence-electron chi connectivity index (χ0n) is 17.0. The summed E-state index contributed by atoms with van der Waals surface area (Å²) in [7, 11) is 3.94. The SMILES string of the molecule is CCC(CC)c1cc(CNC(=NC)N(C)CC2CCCN2CC)on1.I. The van der Waals surface area contributed by atoms with Crippen molar-refractivity contribution >= 4 is 29.9 Å². The minimum atomic E-state index is 0. The summed E-state index contributed by atoms with van der Waals surface area (Å²) in [5.41, 5.74) is 1.06. The number of aromatic nitrogens is 1. The van der Waals surface area contributed by atoms with E-state index in [1.54, 1.807) is 0 Å². The molecule has 1 atom stereocenters. The highest BCUT2D eigenvalue weighted by molar-refractivity contribution is 14.0. The van der Waals surface area contributed by atoms with Crippen LogP contribution in [0.5, 0.6) is 0 Å². The number of hydrogen-bond acceptors (Lipinski definition) is 4. The van der Waals surface area contributed by atoms with Crippen LogP contribution in [0.2, 0.25) is 0 Å². The lowest BCUT2D eigenvalue weighted by Gasteiger charge is -2.29. The summed E-state index contributed by atoms with van der Waals surface area (Å²) in [6.45, 7) is 10.6. The minimum absolute atomic E-state index is 0. The average Bonchev–Trinajstić information content (AvgIpc) is 3.26. The van der Waals surface area contributed by atoms with E-state index in [0.29, 0.717) is 18.5 Å². The number of nitrogens with one attached hydrogen (secondary N) is 1. The first-order valence-corrected chi connectivity index (χ1v) is 9.74. The highest BCUT2D eigenvalue weighted by Gasteiger charge is 2.25. The van der Waals surface area contributed by atoms with E-state index < -0.39 is 0 Å². The van der Waals surface area contributed by atoms with Crippen LogP contribution in [-0.2, 0) is 6.54 Å². The number of rotatable bonds is 8. The summed E-state index contributed by atoms with van der Waals surface area (Å²) in [4.78, 5) is 9.20. The predicted molar refractivity (Wildman–Crippen MR) is 118 cm³/mol. The Bertz CT molecular complexity index is 544. The van der Waals surface area contributed by atoms with E-state index in [2.05, 4.69) is 59.2 Å². The van der Waals surface area contributed by atoms with Gasteiger partial charge in [0.2, 0.25) is 0 Å². The van der Waals surface area contributed by atoms with Crippen molar-refractivity contribution in [1.29, 1.82) is 0 Å². The Labute approximate surface area is 175 Å². The molecular weight excluding hydrogens is 441 g/mol. The quantitative estimate of drug-likeness (QED) is 0.352. The van der Waals surface area contributed by atoms with Gasteiger partial charge in [0.15, 0.2) is 11.7 Å². The third-order valence-corrected chi connectivity index (χ3v) is 5.37. The van der Waals surface area contributed by atoms with Crippen LogP contribution in [0.15, 0.2) is 15.6 Å². The molecular formula is C19H36IN5O. The van der Waals surface area contributed by atoms with Crippen molar-refractivity contribution in [3.63, 3.8) is 0 Å². The van der Waals surface area contributed by atoms with Crippen molar-refractivity contribution in [2.45, 2.75) is 65.0 Å². The molecule has 0 aromatic carbocycles. The number of aliphatic imine (C=N–C) groups is 1. The summed E-state index contributed by atoms with van der Waals surface area (Å²) in [6.07, 6.45) is 4.76. The van der Waals surface area contributed by atoms with E-state index in [9.17, 15) is 0 Å². The smallest absolute Gasteiger partial charge is 0.193 e. The second kappa shape index (κ2) is 11.8. The van der Waals surface area contributed by atoms with Gasteiger partial charge in [-0.3, -0.25) is 9.89 Å². The van der Waals surface area contributed by atoms with Crippen LogP contribution in [0.1, 0.15) is 63.8 Å². The number of nitrogens with zero attached hydrogens (tertiary/aromatic N) is 4. The molecule has 1 saturated heterocycles. The summed E-state index contributed by atoms with van der Waals surface area (Å²) >= 11 is 0. The molecule has 0 aliphatic carbocycles. The van der Waals surface area contributed by atoms with Crippen molar-refractivity contribution in [2.24, 2.45) is 4.99 Å². The Morgan fingerprint density at radius 1 is 1.42 bits per heavy atom. The summed E-state index contributed by atoms with van der Waals surface area (Å²) in [5.74, 6) is 2.26. The second-order valence-electron chi connectivity index (χ2n) is 6.94. The molecule has 150 valence electrons. The molecule has 1 N–H and O–H groups in total. The van der Waals surface area contributed by atoms with Crippen LogP contribution < -0.4 is 5.32 Å². The number of likely N-dealkylation sites (N-methyl/N-ethyl adjacent to an activating group) is 2. The number of hydrogen-bond donors (Lipinski definition) is 1. The zero-order chi connectivity index (χ0) is 18.2. The molecule has 0 spiro atoms. The van der Waals surface area contributed by atoms with Crippen LogP contribution in [0, 0.1) is 0 Å². The summed E-state index contributed by atoms with van der Waals surface area (Å²) < 4.78 is 5.50. The highest BCUT2D eigenvalue weighted by Crippen LogP contribution is 2.22. The van der Waals surface area contributed by atoms with Gasteiger partial charge in [-0.25, -0.2) is 0 Å². The minimum Gasteiger partial charge on any atom is -0.359 e. The predicted octanol–water partition coefficient (Wildman–Crippen LogP) is 3.69. The fraction of sp³-hybridized carbons (Fsp3) is 0.789. The molecule has 7 heteroatoms. The normalized spacial score (nSPS) is 18.2. The fourth-order valence-corrected chi connectivity index (χ4v) is 3.78. The first-order valence-electron chi connectivity index (χ1n) is 9.74. The first-order chi connectivity index (χ1) is 12.1. The topological polar surface area (TPSA) is 56.9 Å². The average molecular weight is 477 g/mol. The van der Waals surface area contributed by atoms with E-state index in [0.717, 1.165) is 43.3 Å². The standard InChI is InChI=1S/C19H35N5O.HI/c1-6-15(7-2)18-12-17(25-22-18)13-21-19(20-4)23(5)14-16-10-9-11-24(16)8-3;/h12,15-16H,6-11,13-14H2,1-5H3,(H,20,21);1H. The molecule has 2 rings (SSSR count). The zero-order valence-corrected chi connectivity index (χ0v) is 19.3. The third kappa shape index (κ3) is 6.11. The first kappa shape index (κ1) is 23.2. The molecule has 1 aliphatic rings. The van der Waals surface area contributed by atoms with Crippen molar-refractivity contribution in [1.82, 2.24) is 20.3 Å². The molecule has 1 aromatic rings. The van der Waals surface area contributed by atoms with Gasteiger partial charge in [-0.15, -0.1) is 24.0 Å². The summed E-state index contributed by atoms with van der Waals surface area (Å²) in [5, 5.41) is 7.64. The molecule has 1 aliphatic heterocycles. The van der Waals surface area contributed by atoms with Gasteiger partial charge in [0.1, 0.15) is 0 Å². The molecule has 1 unspecified atom stereocenters. The molecule has 26 heavy (non-hydrogen) atoms. The third-order valence-electron chi connectivity index (χ3n) is 5.37. The maximum atomic E-state index is 5.50. The molecule has 6 nitrogen and oxygen atoms in total. The number of halogens is 1. The molecule has 0 bridgehead atoms. The molecule has 1 aromatic heterocycles. The Balaban J connectivity index is 0.00000338. The largest absolute Gasteiger partial charge is 0.359 e. The lowest BCUT2D eigenvalue weighted by atomic mass is 9.99. The van der Waals surface area contributed by atoms with Crippen LogP contribution >= 0.6 is 24.0 Å². The van der Waals surface area contributed by atoms with E-state index >= 15 is 0 Å². The van der Waals surface area contributed by atoms with Gasteiger partial charge in [-0.2, -0.15) is 0 Å². The fourth-order valence-electron chi connectivity index (χ4n) is 3.78. The van der Waals surface area contributed by atoms with E-state index in [1.165, 1.54) is 19.4 Å². The van der Waals surface area contributed by atoms with Gasteiger partial charge >= 0.3 is 0 Å². The van der Waals surface area contributed by atoms with Crippen LogP contribution in [0.3, 0.4) is 0 Å². The van der Waals surface area contributed by atoms with Crippen LogP contribution in [0.25, 0.3) is 0 Å². The van der Waals surface area contributed by atoms with Gasteiger partial charge in [0.25, 0.3) is 0 Å². The molecule has 0 radical (unpaired) electrons. The Morgan fingerprint density at radius 3 is 2.77 bits per heavy atom. The second-order valence-corrected chi connectivity index (χ2v) is 6.94. The van der Waals surface area contributed by atoms with Crippen molar-refractivity contribution in [3.05, 3.63) is 17.5 Å². The Morgan fingerprint density at radius 2 is 2.15 bits per heavy atom. The maximum Gasteiger partial charge on any atom is 0.193 e. The number of likely N-dealkylation sites (tertiary alicyclic amines) is 1. The maximum absolute atomic E-state index is 5.50. The molecule has 0 amide bonds. The van der Waals surface area contributed by atoms with Crippen molar-refractivity contribution in [2.75, 3.05) is 33.7 Å². The van der Waals surface area contributed by atoms with Crippen molar-refractivity contribution < 1.29 is 4.52 Å². The lowest BCUT2D eigenvalue weighted by Crippen LogP contribution is -2.45. The van der Waals surface area contributed by atoms with Gasteiger partial charge in [0.05, 0.1) is 12.2 Å². The van der Waals surface area contributed by atoms with E-state index in [-0.39, 0.29) is 24.0 Å². The molecule has 1 fully saturated rings. The van der Waals surface area contributed by atoms with Crippen LogP contribution in [-0.4, -0.2) is 60.7 Å². The molecule has 2 heterocycles. The van der Waals surface area contributed by atoms with Gasteiger partial charge in [-0.05, 0) is 38.8 Å². The monoisotopic (exact) mass is 477 g/mol. The van der Waals surface area contributed by atoms with Gasteiger partial charge in [-0.1, -0.05) is 25.9 Å². The lowest BCUT2D eigenvalue weighted by molar-refractivity contribution is 0.232. The highest BCUT2D eigenvalue weighted by atomic mass is 127. The van der Waals surface area contributed by atoms with E-state index in [4.69, 9.17) is 4.52 Å². The van der Waals surface area contributed by atoms with Crippen molar-refractivity contribution in [3.8, 4) is 0 Å². The Kier molecular flexibility index (Phi) is 10.5. The molecule has 0 saturated carbocycles.